The van der Waals surface area contributed by atoms with Gasteiger partial charge in [-0.3, -0.25) is 4.68 Å². The molecule has 2 aromatic heterocycles. The molecule has 0 aliphatic heterocycles. The molecule has 2 rings (SSSR count). The normalized spacial score (nSPS) is 12.4. The lowest BCUT2D eigenvalue weighted by molar-refractivity contribution is 0.169. The van der Waals surface area contributed by atoms with Crippen LogP contribution in [0.3, 0.4) is 0 Å². The summed E-state index contributed by atoms with van der Waals surface area (Å²) in [4.78, 5) is 4.10. The number of methoxy groups -OCH3 is 2. The molecular weight excluding hydrogens is 326 g/mol. The van der Waals surface area contributed by atoms with Crippen molar-refractivity contribution in [3.05, 3.63) is 40.3 Å². The highest BCUT2D eigenvalue weighted by Gasteiger charge is 2.23. The Kier molecular flexibility index (Phi) is 5.11. The molecule has 0 saturated carbocycles. The van der Waals surface area contributed by atoms with E-state index in [4.69, 9.17) is 9.47 Å². The van der Waals surface area contributed by atoms with Crippen molar-refractivity contribution in [2.24, 2.45) is 0 Å². The van der Waals surface area contributed by atoms with Crippen molar-refractivity contribution in [3.63, 3.8) is 0 Å². The summed E-state index contributed by atoms with van der Waals surface area (Å²) in [5.41, 5.74) is 1.24. The van der Waals surface area contributed by atoms with Crippen molar-refractivity contribution < 1.29 is 14.6 Å². The van der Waals surface area contributed by atoms with Gasteiger partial charge in [-0.1, -0.05) is 0 Å². The number of rotatable bonds is 6. The SMILES string of the molecule is COCCn1ncc(Br)c1C(O)c1cccnc1OC. The van der Waals surface area contributed by atoms with Crippen LogP contribution in [0, 0.1) is 0 Å². The second-order valence-electron chi connectivity index (χ2n) is 4.10. The molecule has 6 nitrogen and oxygen atoms in total. The Balaban J connectivity index is 2.37. The second-order valence-corrected chi connectivity index (χ2v) is 4.95. The minimum absolute atomic E-state index is 0.395. The molecule has 0 spiro atoms. The Labute approximate surface area is 125 Å². The van der Waals surface area contributed by atoms with Gasteiger partial charge in [-0.25, -0.2) is 4.98 Å². The van der Waals surface area contributed by atoms with Gasteiger partial charge in [-0.05, 0) is 28.1 Å². The van der Waals surface area contributed by atoms with Crippen LogP contribution in [0.4, 0.5) is 0 Å². The molecule has 0 aromatic carbocycles. The smallest absolute Gasteiger partial charge is 0.219 e. The second kappa shape index (κ2) is 6.83. The van der Waals surface area contributed by atoms with Crippen molar-refractivity contribution in [2.45, 2.75) is 12.6 Å². The predicted molar refractivity (Wildman–Crippen MR) is 76.7 cm³/mol. The Morgan fingerprint density at radius 3 is 2.95 bits per heavy atom. The Bertz CT molecular complexity index is 574. The van der Waals surface area contributed by atoms with Gasteiger partial charge in [0, 0.05) is 18.9 Å². The zero-order chi connectivity index (χ0) is 14.5. The van der Waals surface area contributed by atoms with E-state index in [1.807, 2.05) is 0 Å². The van der Waals surface area contributed by atoms with Crippen LogP contribution in [0.2, 0.25) is 0 Å². The molecule has 0 amide bonds. The highest BCUT2D eigenvalue weighted by Crippen LogP contribution is 2.32. The van der Waals surface area contributed by atoms with E-state index < -0.39 is 6.10 Å². The van der Waals surface area contributed by atoms with Crippen LogP contribution in [0.25, 0.3) is 0 Å². The summed E-state index contributed by atoms with van der Waals surface area (Å²) in [5.74, 6) is 0.395. The summed E-state index contributed by atoms with van der Waals surface area (Å²) >= 11 is 3.41. The van der Waals surface area contributed by atoms with E-state index in [9.17, 15) is 5.11 Å². The topological polar surface area (TPSA) is 69.4 Å². The van der Waals surface area contributed by atoms with Crippen LogP contribution in [0.1, 0.15) is 17.4 Å². The maximum Gasteiger partial charge on any atom is 0.219 e. The van der Waals surface area contributed by atoms with Gasteiger partial charge < -0.3 is 14.6 Å². The average molecular weight is 342 g/mol. The quantitative estimate of drug-likeness (QED) is 0.867. The van der Waals surface area contributed by atoms with E-state index >= 15 is 0 Å². The molecule has 0 fully saturated rings. The molecule has 0 radical (unpaired) electrons. The highest BCUT2D eigenvalue weighted by molar-refractivity contribution is 9.10. The van der Waals surface area contributed by atoms with E-state index in [2.05, 4.69) is 26.0 Å². The van der Waals surface area contributed by atoms with Gasteiger partial charge in [0.05, 0.1) is 36.6 Å². The number of pyridine rings is 1. The van der Waals surface area contributed by atoms with E-state index in [0.717, 1.165) is 4.47 Å². The lowest BCUT2D eigenvalue weighted by Crippen LogP contribution is -2.14. The number of hydrogen-bond donors (Lipinski definition) is 1. The maximum absolute atomic E-state index is 10.6. The van der Waals surface area contributed by atoms with Gasteiger partial charge in [0.25, 0.3) is 0 Å². The van der Waals surface area contributed by atoms with Gasteiger partial charge in [-0.2, -0.15) is 5.10 Å². The molecule has 7 heteroatoms. The van der Waals surface area contributed by atoms with E-state index in [0.29, 0.717) is 30.3 Å². The molecule has 0 aliphatic carbocycles. The van der Waals surface area contributed by atoms with Crippen LogP contribution < -0.4 is 4.74 Å². The third-order valence-electron chi connectivity index (χ3n) is 2.89. The van der Waals surface area contributed by atoms with Gasteiger partial charge >= 0.3 is 0 Å². The van der Waals surface area contributed by atoms with Crippen LogP contribution in [0.5, 0.6) is 5.88 Å². The number of nitrogens with zero attached hydrogens (tertiary/aromatic N) is 3. The fourth-order valence-electron chi connectivity index (χ4n) is 1.93. The van der Waals surface area contributed by atoms with Gasteiger partial charge in [-0.15, -0.1) is 0 Å². The Morgan fingerprint density at radius 2 is 2.25 bits per heavy atom. The molecule has 20 heavy (non-hydrogen) atoms. The monoisotopic (exact) mass is 341 g/mol. The third kappa shape index (κ3) is 3.00. The zero-order valence-electron chi connectivity index (χ0n) is 11.3. The van der Waals surface area contributed by atoms with E-state index in [-0.39, 0.29) is 0 Å². The van der Waals surface area contributed by atoms with E-state index in [1.165, 1.54) is 7.11 Å². The first-order valence-corrected chi connectivity index (χ1v) is 6.85. The molecule has 2 aromatic rings. The summed E-state index contributed by atoms with van der Waals surface area (Å²) in [6.45, 7) is 1.06. The molecule has 1 unspecified atom stereocenters. The molecule has 0 bridgehead atoms. The van der Waals surface area contributed by atoms with Gasteiger partial charge in [0.1, 0.15) is 6.10 Å². The van der Waals surface area contributed by atoms with Crippen LogP contribution in [-0.2, 0) is 11.3 Å². The summed E-state index contributed by atoms with van der Waals surface area (Å²) in [6.07, 6.45) is 2.39. The maximum atomic E-state index is 10.6. The van der Waals surface area contributed by atoms with Crippen molar-refractivity contribution in [1.82, 2.24) is 14.8 Å². The van der Waals surface area contributed by atoms with Gasteiger partial charge in [0.2, 0.25) is 5.88 Å². The first kappa shape index (κ1) is 15.0. The number of halogens is 1. The number of ether oxygens (including phenoxy) is 2. The van der Waals surface area contributed by atoms with Crippen molar-refractivity contribution >= 4 is 15.9 Å². The zero-order valence-corrected chi connectivity index (χ0v) is 12.9. The van der Waals surface area contributed by atoms with Crippen LogP contribution >= 0.6 is 15.9 Å². The minimum atomic E-state index is -0.882. The van der Waals surface area contributed by atoms with Crippen molar-refractivity contribution in [1.29, 1.82) is 0 Å². The summed E-state index contributed by atoms with van der Waals surface area (Å²) in [5, 5.41) is 14.8. The lowest BCUT2D eigenvalue weighted by atomic mass is 10.1. The Morgan fingerprint density at radius 1 is 1.45 bits per heavy atom. The number of hydrogen-bond acceptors (Lipinski definition) is 5. The summed E-state index contributed by atoms with van der Waals surface area (Å²) in [7, 11) is 3.15. The van der Waals surface area contributed by atoms with Crippen LogP contribution in [0.15, 0.2) is 29.0 Å². The molecule has 108 valence electrons. The molecule has 1 N–H and O–H groups in total. The van der Waals surface area contributed by atoms with Crippen molar-refractivity contribution in [3.8, 4) is 5.88 Å². The summed E-state index contributed by atoms with van der Waals surface area (Å²) in [6, 6.07) is 3.53. The molecular formula is C13H16BrN3O3. The summed E-state index contributed by atoms with van der Waals surface area (Å²) < 4.78 is 12.7. The van der Waals surface area contributed by atoms with Crippen molar-refractivity contribution in [2.75, 3.05) is 20.8 Å². The molecule has 2 heterocycles. The van der Waals surface area contributed by atoms with Gasteiger partial charge in [0.15, 0.2) is 0 Å². The lowest BCUT2D eigenvalue weighted by Gasteiger charge is -2.16. The largest absolute Gasteiger partial charge is 0.481 e. The molecule has 1 atom stereocenters. The number of aliphatic hydroxyl groups is 1. The number of aromatic nitrogens is 3. The minimum Gasteiger partial charge on any atom is -0.481 e. The highest BCUT2D eigenvalue weighted by atomic mass is 79.9. The predicted octanol–water partition coefficient (Wildman–Crippen LogP) is 1.78. The standard InChI is InChI=1S/C13H16BrN3O3/c1-19-7-6-17-11(10(14)8-16-17)12(18)9-4-3-5-15-13(9)20-2/h3-5,8,12,18H,6-7H2,1-2H3. The fraction of sp³-hybridized carbons (Fsp3) is 0.385. The first-order valence-electron chi connectivity index (χ1n) is 6.06. The molecule has 0 aliphatic rings. The first-order chi connectivity index (χ1) is 9.69. The molecule has 0 saturated heterocycles. The number of aliphatic hydroxyl groups excluding tert-OH is 1. The third-order valence-corrected chi connectivity index (χ3v) is 3.50. The Hall–Kier alpha value is -1.44. The average Bonchev–Trinajstić information content (AvgIpc) is 2.85. The van der Waals surface area contributed by atoms with E-state index in [1.54, 1.807) is 36.3 Å². The van der Waals surface area contributed by atoms with Crippen LogP contribution in [-0.4, -0.2) is 40.7 Å². The fourth-order valence-corrected chi connectivity index (χ4v) is 2.44.